The Balaban J connectivity index is 2.41. The van der Waals surface area contributed by atoms with E-state index in [1.807, 2.05) is 0 Å². The lowest BCUT2D eigenvalue weighted by molar-refractivity contribution is 0.144. The van der Waals surface area contributed by atoms with E-state index in [0.717, 1.165) is 13.1 Å². The zero-order valence-electron chi connectivity index (χ0n) is 7.04. The first kappa shape index (κ1) is 8.02. The zero-order chi connectivity index (χ0) is 7.72. The summed E-state index contributed by atoms with van der Waals surface area (Å²) in [6.45, 7) is 8.36. The van der Waals surface area contributed by atoms with E-state index in [4.69, 9.17) is 0 Å². The number of aliphatic hydroxyl groups excluding tert-OH is 1. The van der Waals surface area contributed by atoms with Gasteiger partial charge in [0.25, 0.3) is 0 Å². The van der Waals surface area contributed by atoms with Gasteiger partial charge in [0.05, 0.1) is 6.10 Å². The molecule has 1 fully saturated rings. The van der Waals surface area contributed by atoms with Gasteiger partial charge >= 0.3 is 0 Å². The first-order valence-corrected chi connectivity index (χ1v) is 4.03. The number of β-amino-alcohol motifs (C(OH)–C–C–N with tert-alkyl or cyclic N) is 1. The van der Waals surface area contributed by atoms with Crippen LogP contribution in [-0.2, 0) is 0 Å². The molecule has 0 radical (unpaired) electrons. The summed E-state index contributed by atoms with van der Waals surface area (Å²) >= 11 is 0. The van der Waals surface area contributed by atoms with Crippen molar-refractivity contribution in [1.82, 2.24) is 4.90 Å². The lowest BCUT2D eigenvalue weighted by Crippen LogP contribution is -2.29. The van der Waals surface area contributed by atoms with E-state index in [1.54, 1.807) is 0 Å². The number of rotatable bonds is 1. The predicted molar refractivity (Wildman–Crippen MR) is 41.9 cm³/mol. The van der Waals surface area contributed by atoms with Crippen LogP contribution in [-0.4, -0.2) is 35.2 Å². The van der Waals surface area contributed by atoms with Crippen molar-refractivity contribution >= 4 is 0 Å². The fraction of sp³-hybridized carbons (Fsp3) is 1.00. The van der Waals surface area contributed by atoms with Gasteiger partial charge in [-0.05, 0) is 19.8 Å². The standard InChI is InChI=1S/C8H17NO/c1-6(2)9-4-7(3)8(10)5-9/h6-8,10H,4-5H2,1-3H3/t7-,8-/m0/s1. The van der Waals surface area contributed by atoms with Gasteiger partial charge in [-0.3, -0.25) is 4.90 Å². The minimum Gasteiger partial charge on any atom is -0.391 e. The molecule has 2 nitrogen and oxygen atoms in total. The van der Waals surface area contributed by atoms with Crippen LogP contribution in [0.3, 0.4) is 0 Å². The molecular weight excluding hydrogens is 126 g/mol. The fourth-order valence-electron chi connectivity index (χ4n) is 1.41. The van der Waals surface area contributed by atoms with Gasteiger partial charge in [0.1, 0.15) is 0 Å². The highest BCUT2D eigenvalue weighted by Crippen LogP contribution is 2.17. The van der Waals surface area contributed by atoms with Crippen molar-refractivity contribution in [2.24, 2.45) is 5.92 Å². The third-order valence-corrected chi connectivity index (χ3v) is 2.33. The summed E-state index contributed by atoms with van der Waals surface area (Å²) in [5.41, 5.74) is 0. The van der Waals surface area contributed by atoms with Crippen LogP contribution in [0.25, 0.3) is 0 Å². The lowest BCUT2D eigenvalue weighted by Gasteiger charge is -2.19. The van der Waals surface area contributed by atoms with Gasteiger partial charge in [-0.2, -0.15) is 0 Å². The molecule has 1 N–H and O–H groups in total. The second-order valence-electron chi connectivity index (χ2n) is 3.59. The first-order valence-electron chi connectivity index (χ1n) is 4.03. The molecule has 1 aliphatic rings. The van der Waals surface area contributed by atoms with Gasteiger partial charge in [0, 0.05) is 19.1 Å². The Morgan fingerprint density at radius 2 is 2.00 bits per heavy atom. The molecule has 1 rings (SSSR count). The topological polar surface area (TPSA) is 23.5 Å². The van der Waals surface area contributed by atoms with Gasteiger partial charge in [0.15, 0.2) is 0 Å². The molecule has 0 spiro atoms. The van der Waals surface area contributed by atoms with Crippen LogP contribution < -0.4 is 0 Å². The Bertz CT molecular complexity index is 104. The Kier molecular flexibility index (Phi) is 2.32. The van der Waals surface area contributed by atoms with Crippen molar-refractivity contribution in [3.05, 3.63) is 0 Å². The van der Waals surface area contributed by atoms with Crippen molar-refractivity contribution in [2.75, 3.05) is 13.1 Å². The van der Waals surface area contributed by atoms with Crippen LogP contribution >= 0.6 is 0 Å². The SMILES string of the molecule is CC(C)N1C[C@H](C)[C@@H](O)C1. The quantitative estimate of drug-likeness (QED) is 0.584. The van der Waals surface area contributed by atoms with Crippen molar-refractivity contribution in [3.63, 3.8) is 0 Å². The minimum absolute atomic E-state index is 0.0950. The third kappa shape index (κ3) is 1.50. The predicted octanol–water partition coefficient (Wildman–Crippen LogP) is 0.707. The molecule has 0 bridgehead atoms. The zero-order valence-corrected chi connectivity index (χ0v) is 7.04. The second kappa shape index (κ2) is 2.89. The summed E-state index contributed by atoms with van der Waals surface area (Å²) in [5, 5.41) is 9.38. The fourth-order valence-corrected chi connectivity index (χ4v) is 1.41. The molecule has 0 unspecified atom stereocenters. The summed E-state index contributed by atoms with van der Waals surface area (Å²) in [4.78, 5) is 2.31. The molecule has 2 heteroatoms. The molecule has 1 saturated heterocycles. The highest BCUT2D eigenvalue weighted by Gasteiger charge is 2.28. The Labute approximate surface area is 62.8 Å². The molecule has 0 aliphatic carbocycles. The molecule has 1 heterocycles. The summed E-state index contributed by atoms with van der Waals surface area (Å²) in [5.74, 6) is 0.461. The molecule has 0 amide bonds. The van der Waals surface area contributed by atoms with E-state index in [-0.39, 0.29) is 6.10 Å². The van der Waals surface area contributed by atoms with Crippen LogP contribution in [0.15, 0.2) is 0 Å². The average Bonchev–Trinajstić information content (AvgIpc) is 2.13. The molecule has 10 heavy (non-hydrogen) atoms. The minimum atomic E-state index is -0.0950. The Hall–Kier alpha value is -0.0800. The van der Waals surface area contributed by atoms with Crippen molar-refractivity contribution in [1.29, 1.82) is 0 Å². The van der Waals surface area contributed by atoms with E-state index in [2.05, 4.69) is 25.7 Å². The highest BCUT2D eigenvalue weighted by atomic mass is 16.3. The van der Waals surface area contributed by atoms with Crippen LogP contribution in [0.4, 0.5) is 0 Å². The number of hydrogen-bond donors (Lipinski definition) is 1. The third-order valence-electron chi connectivity index (χ3n) is 2.33. The summed E-state index contributed by atoms with van der Waals surface area (Å²) < 4.78 is 0. The lowest BCUT2D eigenvalue weighted by atomic mass is 10.1. The molecule has 0 aromatic rings. The van der Waals surface area contributed by atoms with Crippen LogP contribution in [0.1, 0.15) is 20.8 Å². The molecule has 0 saturated carbocycles. The van der Waals surface area contributed by atoms with E-state index >= 15 is 0 Å². The monoisotopic (exact) mass is 143 g/mol. The number of aliphatic hydroxyl groups is 1. The Morgan fingerprint density at radius 1 is 1.40 bits per heavy atom. The summed E-state index contributed by atoms with van der Waals surface area (Å²) in [6, 6.07) is 0.583. The highest BCUT2D eigenvalue weighted by molar-refractivity contribution is 4.82. The molecule has 0 aromatic heterocycles. The molecular formula is C8H17NO. The van der Waals surface area contributed by atoms with E-state index < -0.39 is 0 Å². The number of hydrogen-bond acceptors (Lipinski definition) is 2. The van der Waals surface area contributed by atoms with Gasteiger partial charge in [-0.15, -0.1) is 0 Å². The van der Waals surface area contributed by atoms with Gasteiger partial charge in [-0.25, -0.2) is 0 Å². The molecule has 2 atom stereocenters. The molecule has 60 valence electrons. The van der Waals surface area contributed by atoms with Crippen LogP contribution in [0.2, 0.25) is 0 Å². The van der Waals surface area contributed by atoms with Crippen molar-refractivity contribution in [2.45, 2.75) is 32.9 Å². The van der Waals surface area contributed by atoms with E-state index in [0.29, 0.717) is 12.0 Å². The Morgan fingerprint density at radius 3 is 2.20 bits per heavy atom. The first-order chi connectivity index (χ1) is 4.61. The number of likely N-dealkylation sites (tertiary alicyclic amines) is 1. The molecule has 1 aliphatic heterocycles. The largest absolute Gasteiger partial charge is 0.391 e. The maximum Gasteiger partial charge on any atom is 0.0704 e. The van der Waals surface area contributed by atoms with Gasteiger partial charge in [-0.1, -0.05) is 6.92 Å². The van der Waals surface area contributed by atoms with Crippen LogP contribution in [0, 0.1) is 5.92 Å². The smallest absolute Gasteiger partial charge is 0.0704 e. The normalized spacial score (nSPS) is 35.7. The second-order valence-corrected chi connectivity index (χ2v) is 3.59. The average molecular weight is 143 g/mol. The van der Waals surface area contributed by atoms with Crippen molar-refractivity contribution in [3.8, 4) is 0 Å². The maximum atomic E-state index is 9.38. The van der Waals surface area contributed by atoms with Crippen molar-refractivity contribution < 1.29 is 5.11 Å². The van der Waals surface area contributed by atoms with Gasteiger partial charge in [0.2, 0.25) is 0 Å². The summed E-state index contributed by atoms with van der Waals surface area (Å²) in [6.07, 6.45) is -0.0950. The maximum absolute atomic E-state index is 9.38. The van der Waals surface area contributed by atoms with E-state index in [9.17, 15) is 5.11 Å². The van der Waals surface area contributed by atoms with Crippen LogP contribution in [0.5, 0.6) is 0 Å². The number of nitrogens with zero attached hydrogens (tertiary/aromatic N) is 1. The molecule has 0 aromatic carbocycles. The van der Waals surface area contributed by atoms with Gasteiger partial charge < -0.3 is 5.11 Å². The summed E-state index contributed by atoms with van der Waals surface area (Å²) in [7, 11) is 0. The van der Waals surface area contributed by atoms with E-state index in [1.165, 1.54) is 0 Å².